The van der Waals surface area contributed by atoms with Crippen LogP contribution in [0.4, 0.5) is 0 Å². The first kappa shape index (κ1) is 15.8. The quantitative estimate of drug-likeness (QED) is 0.837. The van der Waals surface area contributed by atoms with Crippen LogP contribution in [0.5, 0.6) is 0 Å². The lowest BCUT2D eigenvalue weighted by atomic mass is 9.80. The molecule has 0 aromatic carbocycles. The first-order valence-electron chi connectivity index (χ1n) is 8.06. The Morgan fingerprint density at radius 1 is 1.21 bits per heavy atom. The van der Waals surface area contributed by atoms with Gasteiger partial charge in [-0.3, -0.25) is 4.79 Å². The van der Waals surface area contributed by atoms with Crippen LogP contribution in [0.2, 0.25) is 0 Å². The third kappa shape index (κ3) is 2.66. The van der Waals surface area contributed by atoms with Gasteiger partial charge in [-0.25, -0.2) is 4.98 Å². The molecule has 0 saturated carbocycles. The summed E-state index contributed by atoms with van der Waals surface area (Å²) in [5.74, 6) is -0.464. The summed E-state index contributed by atoms with van der Waals surface area (Å²) >= 11 is 1.44. The number of hydrogen-bond acceptors (Lipinski definition) is 5. The van der Waals surface area contributed by atoms with Gasteiger partial charge in [-0.15, -0.1) is 0 Å². The number of ether oxygens (including phenoxy) is 2. The molecule has 0 bridgehead atoms. The SMILES string of the molecule is Cc1nc(-n2cccc2)sc1C(=O)N1CC2(COC(C)(C)OC2)C1. The number of carbonyl (C=O) groups is 1. The lowest BCUT2D eigenvalue weighted by molar-refractivity contribution is -0.301. The Hall–Kier alpha value is -1.70. The summed E-state index contributed by atoms with van der Waals surface area (Å²) < 4.78 is 13.4. The lowest BCUT2D eigenvalue weighted by Gasteiger charge is -2.53. The van der Waals surface area contributed by atoms with E-state index in [1.165, 1.54) is 11.3 Å². The Kier molecular flexibility index (Phi) is 3.56. The van der Waals surface area contributed by atoms with Crippen LogP contribution in [-0.2, 0) is 9.47 Å². The maximum atomic E-state index is 12.8. The van der Waals surface area contributed by atoms with Gasteiger partial charge < -0.3 is 18.9 Å². The molecule has 0 unspecified atom stereocenters. The minimum Gasteiger partial charge on any atom is -0.350 e. The van der Waals surface area contributed by atoms with E-state index >= 15 is 0 Å². The largest absolute Gasteiger partial charge is 0.350 e. The van der Waals surface area contributed by atoms with Crippen molar-refractivity contribution in [2.75, 3.05) is 26.3 Å². The molecule has 2 aliphatic heterocycles. The second-order valence-corrected chi connectivity index (χ2v) is 8.12. The maximum absolute atomic E-state index is 12.8. The Bertz CT molecular complexity index is 748. The molecule has 2 aromatic heterocycles. The first-order chi connectivity index (χ1) is 11.4. The molecule has 128 valence electrons. The predicted octanol–water partition coefficient (Wildman–Crippen LogP) is 2.47. The fraction of sp³-hybridized carbons (Fsp3) is 0.529. The van der Waals surface area contributed by atoms with Crippen molar-refractivity contribution in [3.8, 4) is 5.13 Å². The van der Waals surface area contributed by atoms with E-state index in [0.717, 1.165) is 10.8 Å². The van der Waals surface area contributed by atoms with Gasteiger partial charge in [0, 0.05) is 25.5 Å². The Balaban J connectivity index is 1.45. The van der Waals surface area contributed by atoms with Gasteiger partial charge in [0.15, 0.2) is 10.9 Å². The highest BCUT2D eigenvalue weighted by molar-refractivity contribution is 7.16. The summed E-state index contributed by atoms with van der Waals surface area (Å²) in [6.07, 6.45) is 3.87. The van der Waals surface area contributed by atoms with Crippen molar-refractivity contribution in [3.05, 3.63) is 35.1 Å². The molecular weight excluding hydrogens is 326 g/mol. The number of aromatic nitrogens is 2. The van der Waals surface area contributed by atoms with Gasteiger partial charge in [-0.1, -0.05) is 11.3 Å². The van der Waals surface area contributed by atoms with Gasteiger partial charge in [-0.2, -0.15) is 0 Å². The lowest BCUT2D eigenvalue weighted by Crippen LogP contribution is -2.65. The van der Waals surface area contributed by atoms with Crippen LogP contribution < -0.4 is 0 Å². The molecular formula is C17H21N3O3S. The van der Waals surface area contributed by atoms with Crippen molar-refractivity contribution in [1.82, 2.24) is 14.5 Å². The van der Waals surface area contributed by atoms with Gasteiger partial charge in [-0.05, 0) is 32.9 Å². The molecule has 0 radical (unpaired) electrons. The molecule has 7 heteroatoms. The minimum atomic E-state index is -0.518. The zero-order valence-electron chi connectivity index (χ0n) is 14.1. The van der Waals surface area contributed by atoms with Crippen molar-refractivity contribution in [2.45, 2.75) is 26.6 Å². The van der Waals surface area contributed by atoms with Gasteiger partial charge in [0.2, 0.25) is 0 Å². The smallest absolute Gasteiger partial charge is 0.265 e. The molecule has 2 aromatic rings. The Morgan fingerprint density at radius 2 is 1.83 bits per heavy atom. The number of amides is 1. The van der Waals surface area contributed by atoms with Crippen LogP contribution >= 0.6 is 11.3 Å². The zero-order chi connectivity index (χ0) is 16.9. The van der Waals surface area contributed by atoms with Crippen molar-refractivity contribution >= 4 is 17.2 Å². The van der Waals surface area contributed by atoms with Crippen molar-refractivity contribution in [1.29, 1.82) is 0 Å². The van der Waals surface area contributed by atoms with Crippen LogP contribution in [0.25, 0.3) is 5.13 Å². The number of rotatable bonds is 2. The number of thiazole rings is 1. The van der Waals surface area contributed by atoms with Crippen LogP contribution in [-0.4, -0.2) is 52.4 Å². The molecule has 4 heterocycles. The molecule has 2 fully saturated rings. The van der Waals surface area contributed by atoms with E-state index in [-0.39, 0.29) is 11.3 Å². The van der Waals surface area contributed by atoms with Gasteiger partial charge in [0.1, 0.15) is 4.88 Å². The van der Waals surface area contributed by atoms with E-state index in [2.05, 4.69) is 4.98 Å². The third-order valence-electron chi connectivity index (χ3n) is 4.60. The number of nitrogens with zero attached hydrogens (tertiary/aromatic N) is 3. The number of likely N-dealkylation sites (tertiary alicyclic amines) is 1. The molecule has 6 nitrogen and oxygen atoms in total. The van der Waals surface area contributed by atoms with Gasteiger partial charge >= 0.3 is 0 Å². The van der Waals surface area contributed by atoms with E-state index in [1.54, 1.807) is 0 Å². The summed E-state index contributed by atoms with van der Waals surface area (Å²) in [6, 6.07) is 3.89. The van der Waals surface area contributed by atoms with Crippen LogP contribution in [0.15, 0.2) is 24.5 Å². The van der Waals surface area contributed by atoms with Gasteiger partial charge in [0.25, 0.3) is 5.91 Å². The zero-order valence-corrected chi connectivity index (χ0v) is 14.9. The summed E-state index contributed by atoms with van der Waals surface area (Å²) in [5.41, 5.74) is 0.736. The van der Waals surface area contributed by atoms with Crippen LogP contribution in [0.1, 0.15) is 29.2 Å². The summed E-state index contributed by atoms with van der Waals surface area (Å²) in [6.45, 7) is 8.37. The molecule has 0 N–H and O–H groups in total. The fourth-order valence-electron chi connectivity index (χ4n) is 3.12. The van der Waals surface area contributed by atoms with E-state index < -0.39 is 5.79 Å². The van der Waals surface area contributed by atoms with E-state index in [9.17, 15) is 4.79 Å². The van der Waals surface area contributed by atoms with Crippen molar-refractivity contribution in [3.63, 3.8) is 0 Å². The number of hydrogen-bond donors (Lipinski definition) is 0. The third-order valence-corrected chi connectivity index (χ3v) is 5.76. The van der Waals surface area contributed by atoms with Gasteiger partial charge in [0.05, 0.1) is 24.3 Å². The summed E-state index contributed by atoms with van der Waals surface area (Å²) in [5, 5.41) is 0.821. The average molecular weight is 347 g/mol. The normalized spacial score (nSPS) is 21.7. The molecule has 0 aliphatic carbocycles. The molecule has 0 atom stereocenters. The number of carbonyl (C=O) groups excluding carboxylic acids is 1. The standard InChI is InChI=1S/C17H21N3O3S/c1-12-13(24-15(18-12)19-6-4-5-7-19)14(21)20-8-17(9-20)10-22-16(2,3)23-11-17/h4-7H,8-11H2,1-3H3. The summed E-state index contributed by atoms with van der Waals surface area (Å²) in [4.78, 5) is 19.9. The highest BCUT2D eigenvalue weighted by Crippen LogP contribution is 2.39. The minimum absolute atomic E-state index is 0.0486. The Morgan fingerprint density at radius 3 is 2.46 bits per heavy atom. The molecule has 2 saturated heterocycles. The monoisotopic (exact) mass is 347 g/mol. The van der Waals surface area contributed by atoms with Crippen LogP contribution in [0.3, 0.4) is 0 Å². The molecule has 24 heavy (non-hydrogen) atoms. The Labute approximate surface area is 145 Å². The first-order valence-corrected chi connectivity index (χ1v) is 8.87. The molecule has 2 aliphatic rings. The van der Waals surface area contributed by atoms with Crippen molar-refractivity contribution in [2.24, 2.45) is 5.41 Å². The van der Waals surface area contributed by atoms with E-state index in [4.69, 9.17) is 9.47 Å². The van der Waals surface area contributed by atoms with E-state index in [0.29, 0.717) is 31.2 Å². The highest BCUT2D eigenvalue weighted by atomic mass is 32.1. The van der Waals surface area contributed by atoms with Crippen LogP contribution in [0, 0.1) is 12.3 Å². The second-order valence-electron chi connectivity index (χ2n) is 7.14. The highest BCUT2D eigenvalue weighted by Gasteiger charge is 2.50. The fourth-order valence-corrected chi connectivity index (χ4v) is 4.13. The topological polar surface area (TPSA) is 56.6 Å². The maximum Gasteiger partial charge on any atom is 0.265 e. The molecule has 1 spiro atoms. The number of aryl methyl sites for hydroxylation is 1. The second kappa shape index (κ2) is 5.40. The summed E-state index contributed by atoms with van der Waals surface area (Å²) in [7, 11) is 0. The predicted molar refractivity (Wildman–Crippen MR) is 90.5 cm³/mol. The average Bonchev–Trinajstić information content (AvgIpc) is 3.14. The van der Waals surface area contributed by atoms with E-state index in [1.807, 2.05) is 54.8 Å². The van der Waals surface area contributed by atoms with Crippen molar-refractivity contribution < 1.29 is 14.3 Å². The molecule has 4 rings (SSSR count). The molecule has 1 amide bonds.